The molecule has 0 aliphatic carbocycles. The van der Waals surface area contributed by atoms with Gasteiger partial charge in [-0.3, -0.25) is 0 Å². The summed E-state index contributed by atoms with van der Waals surface area (Å²) in [5.74, 6) is 1.77. The number of anilines is 4. The first kappa shape index (κ1) is 19.7. The van der Waals surface area contributed by atoms with Crippen LogP contribution in [0.1, 0.15) is 11.1 Å². The van der Waals surface area contributed by atoms with E-state index in [0.717, 1.165) is 0 Å². The Hall–Kier alpha value is -3.64. The molecule has 2 aromatic carbocycles. The second-order valence-electron chi connectivity index (χ2n) is 6.77. The number of nitrogens with one attached hydrogen (secondary N) is 1. The lowest BCUT2D eigenvalue weighted by molar-refractivity contribution is 0.782. The lowest BCUT2D eigenvalue weighted by Gasteiger charge is -2.26. The summed E-state index contributed by atoms with van der Waals surface area (Å²) in [5, 5.41) is 3.71. The number of hydrogen-bond donors (Lipinski definition) is 2. The fraction of sp³-hybridized carbons (Fsp3) is 0.0870. The number of halogens is 1. The molecule has 2 aromatic heterocycles. The topological polar surface area (TPSA) is 80.0 Å². The summed E-state index contributed by atoms with van der Waals surface area (Å²) in [6.07, 6.45) is 3.08. The van der Waals surface area contributed by atoms with Gasteiger partial charge in [-0.1, -0.05) is 72.3 Å². The first-order valence-electron chi connectivity index (χ1n) is 9.51. The second kappa shape index (κ2) is 9.24. The van der Waals surface area contributed by atoms with Crippen LogP contribution in [0.5, 0.6) is 0 Å². The average molecular weight is 417 g/mol. The van der Waals surface area contributed by atoms with Crippen molar-refractivity contribution in [3.63, 3.8) is 0 Å². The van der Waals surface area contributed by atoms with E-state index in [4.69, 9.17) is 17.3 Å². The molecule has 0 aliphatic heterocycles. The third-order valence-corrected chi connectivity index (χ3v) is 4.79. The third-order valence-electron chi connectivity index (χ3n) is 4.57. The Labute approximate surface area is 180 Å². The van der Waals surface area contributed by atoms with Gasteiger partial charge in [0.15, 0.2) is 11.6 Å². The van der Waals surface area contributed by atoms with E-state index in [-0.39, 0.29) is 0 Å². The third kappa shape index (κ3) is 4.85. The van der Waals surface area contributed by atoms with Crippen molar-refractivity contribution in [1.29, 1.82) is 0 Å². The van der Waals surface area contributed by atoms with E-state index in [1.54, 1.807) is 18.3 Å². The van der Waals surface area contributed by atoms with Crippen LogP contribution in [0.2, 0.25) is 5.02 Å². The second-order valence-corrected chi connectivity index (χ2v) is 7.21. The molecule has 4 aromatic rings. The smallest absolute Gasteiger partial charge is 0.160 e. The minimum Gasteiger partial charge on any atom is -0.393 e. The molecule has 30 heavy (non-hydrogen) atoms. The van der Waals surface area contributed by atoms with Crippen molar-refractivity contribution in [2.75, 3.05) is 16.0 Å². The van der Waals surface area contributed by atoms with Gasteiger partial charge in [-0.15, -0.1) is 0 Å². The fourth-order valence-corrected chi connectivity index (χ4v) is 3.23. The van der Waals surface area contributed by atoms with E-state index in [9.17, 15) is 0 Å². The van der Waals surface area contributed by atoms with Crippen LogP contribution in [0.4, 0.5) is 23.1 Å². The van der Waals surface area contributed by atoms with Crippen LogP contribution in [0, 0.1) is 0 Å². The number of benzene rings is 2. The summed E-state index contributed by atoms with van der Waals surface area (Å²) in [7, 11) is 0. The summed E-state index contributed by atoms with van der Waals surface area (Å²) in [6.45, 7) is 1.32. The summed E-state index contributed by atoms with van der Waals surface area (Å²) >= 11 is 5.92. The molecule has 2 heterocycles. The minimum absolute atomic E-state index is 0.459. The molecule has 3 N–H and O–H groups in total. The normalized spacial score (nSPS) is 10.6. The SMILES string of the molecule is Nc1c(Nc2ccc(Cl)cn2)ncnc1N(Cc1ccccc1)Cc1ccccc1. The van der Waals surface area contributed by atoms with Gasteiger partial charge in [0.2, 0.25) is 0 Å². The molecule has 4 rings (SSSR count). The zero-order valence-corrected chi connectivity index (χ0v) is 17.0. The van der Waals surface area contributed by atoms with E-state index in [1.807, 2.05) is 36.4 Å². The first-order valence-corrected chi connectivity index (χ1v) is 9.88. The number of pyridine rings is 1. The van der Waals surface area contributed by atoms with Crippen LogP contribution in [-0.4, -0.2) is 15.0 Å². The maximum atomic E-state index is 6.49. The Morgan fingerprint density at radius 3 is 2.00 bits per heavy atom. The molecule has 0 unspecified atom stereocenters. The van der Waals surface area contributed by atoms with Crippen molar-refractivity contribution in [2.45, 2.75) is 13.1 Å². The molecular weight excluding hydrogens is 396 g/mol. The molecule has 0 amide bonds. The number of aromatic nitrogens is 3. The molecule has 0 bridgehead atoms. The van der Waals surface area contributed by atoms with Gasteiger partial charge in [-0.2, -0.15) is 0 Å². The van der Waals surface area contributed by atoms with Crippen molar-refractivity contribution < 1.29 is 0 Å². The van der Waals surface area contributed by atoms with E-state index in [2.05, 4.69) is 49.4 Å². The van der Waals surface area contributed by atoms with Gasteiger partial charge in [0, 0.05) is 19.3 Å². The van der Waals surface area contributed by atoms with Gasteiger partial charge in [0.1, 0.15) is 17.8 Å². The average Bonchev–Trinajstić information content (AvgIpc) is 2.78. The van der Waals surface area contributed by atoms with Crippen molar-refractivity contribution in [3.05, 3.63) is 101 Å². The van der Waals surface area contributed by atoms with E-state index >= 15 is 0 Å². The molecule has 0 spiro atoms. The van der Waals surface area contributed by atoms with Crippen LogP contribution >= 0.6 is 11.6 Å². The van der Waals surface area contributed by atoms with Crippen LogP contribution in [0.25, 0.3) is 0 Å². The molecule has 0 saturated heterocycles. The molecule has 0 atom stereocenters. The Morgan fingerprint density at radius 1 is 0.800 bits per heavy atom. The number of nitrogens with two attached hydrogens (primary N) is 1. The molecule has 150 valence electrons. The van der Waals surface area contributed by atoms with Crippen molar-refractivity contribution in [3.8, 4) is 0 Å². The number of hydrogen-bond acceptors (Lipinski definition) is 6. The fourth-order valence-electron chi connectivity index (χ4n) is 3.12. The Morgan fingerprint density at radius 2 is 1.43 bits per heavy atom. The van der Waals surface area contributed by atoms with Crippen molar-refractivity contribution in [1.82, 2.24) is 15.0 Å². The van der Waals surface area contributed by atoms with Gasteiger partial charge in [-0.05, 0) is 23.3 Å². The molecule has 0 saturated carbocycles. The Bertz CT molecular complexity index is 1050. The van der Waals surface area contributed by atoms with Gasteiger partial charge in [-0.25, -0.2) is 15.0 Å². The van der Waals surface area contributed by atoms with Crippen LogP contribution in [0.3, 0.4) is 0 Å². The van der Waals surface area contributed by atoms with Crippen molar-refractivity contribution >= 4 is 34.7 Å². The summed E-state index contributed by atoms with van der Waals surface area (Å²) in [6, 6.07) is 24.0. The highest BCUT2D eigenvalue weighted by Gasteiger charge is 2.17. The first-order chi connectivity index (χ1) is 14.7. The quantitative estimate of drug-likeness (QED) is 0.438. The highest BCUT2D eigenvalue weighted by atomic mass is 35.5. The van der Waals surface area contributed by atoms with Gasteiger partial charge >= 0.3 is 0 Å². The maximum absolute atomic E-state index is 6.49. The predicted molar refractivity (Wildman–Crippen MR) is 122 cm³/mol. The van der Waals surface area contributed by atoms with E-state index in [0.29, 0.717) is 41.3 Å². The molecular formula is C23H21ClN6. The minimum atomic E-state index is 0.459. The Balaban J connectivity index is 1.66. The largest absolute Gasteiger partial charge is 0.393 e. The summed E-state index contributed by atoms with van der Waals surface area (Å²) in [5.41, 5.74) is 9.28. The maximum Gasteiger partial charge on any atom is 0.160 e. The monoisotopic (exact) mass is 416 g/mol. The lowest BCUT2D eigenvalue weighted by Crippen LogP contribution is -2.24. The van der Waals surface area contributed by atoms with E-state index < -0.39 is 0 Å². The molecule has 7 heteroatoms. The molecule has 0 radical (unpaired) electrons. The highest BCUT2D eigenvalue weighted by molar-refractivity contribution is 6.30. The van der Waals surface area contributed by atoms with Crippen LogP contribution < -0.4 is 16.0 Å². The van der Waals surface area contributed by atoms with E-state index in [1.165, 1.54) is 17.5 Å². The Kier molecular flexibility index (Phi) is 6.06. The highest BCUT2D eigenvalue weighted by Crippen LogP contribution is 2.30. The number of rotatable bonds is 7. The molecule has 6 nitrogen and oxygen atoms in total. The standard InChI is InChI=1S/C23H21ClN6/c24-19-11-12-20(26-13-19)29-22-21(25)23(28-16-27-22)30(14-17-7-3-1-4-8-17)15-18-9-5-2-6-10-18/h1-13,16H,14-15,25H2,(H,26,27,28,29). The number of nitrogen functional groups attached to an aromatic ring is 1. The zero-order valence-electron chi connectivity index (χ0n) is 16.2. The van der Waals surface area contributed by atoms with Crippen LogP contribution in [0.15, 0.2) is 85.3 Å². The van der Waals surface area contributed by atoms with Gasteiger partial charge in [0.25, 0.3) is 0 Å². The molecule has 0 aliphatic rings. The molecule has 0 fully saturated rings. The predicted octanol–water partition coefficient (Wildman–Crippen LogP) is 5.06. The lowest BCUT2D eigenvalue weighted by atomic mass is 10.1. The summed E-state index contributed by atoms with van der Waals surface area (Å²) < 4.78 is 0. The number of nitrogens with zero attached hydrogens (tertiary/aromatic N) is 4. The van der Waals surface area contributed by atoms with Gasteiger partial charge < -0.3 is 16.0 Å². The van der Waals surface area contributed by atoms with Crippen LogP contribution in [-0.2, 0) is 13.1 Å². The van der Waals surface area contributed by atoms with Gasteiger partial charge in [0.05, 0.1) is 5.02 Å². The van der Waals surface area contributed by atoms with Crippen molar-refractivity contribution in [2.24, 2.45) is 0 Å². The zero-order chi connectivity index (χ0) is 20.8. The summed E-state index contributed by atoms with van der Waals surface area (Å²) in [4.78, 5) is 15.2.